The van der Waals surface area contributed by atoms with Gasteiger partial charge in [0.25, 0.3) is 0 Å². The number of ether oxygens (including phenoxy) is 6. The van der Waals surface area contributed by atoms with Gasteiger partial charge in [0.15, 0.2) is 18.7 Å². The predicted octanol–water partition coefficient (Wildman–Crippen LogP) is 4.59. The highest BCUT2D eigenvalue weighted by molar-refractivity contribution is 7.47. The lowest BCUT2D eigenvalue weighted by molar-refractivity contribution is -0.356. The first-order chi connectivity index (χ1) is 37.5. The molecule has 0 aromatic carbocycles. The van der Waals surface area contributed by atoms with Crippen molar-refractivity contribution < 1.29 is 103 Å². The number of nitrogens with two attached hydrogens (primary N) is 1. The Hall–Kier alpha value is -1.06. The first-order valence-electron chi connectivity index (χ1n) is 30.0. The molecule has 1 saturated carbocycles. The van der Waals surface area contributed by atoms with Crippen LogP contribution in [0.2, 0.25) is 0 Å². The number of carbonyl (C=O) groups is 1. The highest BCUT2D eigenvalue weighted by atomic mass is 31.2. The Balaban J connectivity index is 1.59. The molecule has 2 heterocycles. The molecule has 0 bridgehead atoms. The molecule has 3 rings (SSSR count). The fourth-order valence-corrected chi connectivity index (χ4v) is 11.3. The third-order valence-electron chi connectivity index (χ3n) is 15.2. The molecular weight excluding hydrogens is 1040 g/mol. The summed E-state index contributed by atoms with van der Waals surface area (Å²) in [6.07, 6.45) is 3.46. The maximum atomic E-state index is 13.7. The van der Waals surface area contributed by atoms with Crippen LogP contribution in [-0.2, 0) is 46.8 Å². The van der Waals surface area contributed by atoms with Gasteiger partial charge in [0, 0.05) is 13.0 Å². The van der Waals surface area contributed by atoms with Crippen LogP contribution in [0.25, 0.3) is 0 Å². The number of aliphatic hydroxyl groups excluding tert-OH is 10. The van der Waals surface area contributed by atoms with Crippen LogP contribution in [0.4, 0.5) is 0 Å². The molecule has 78 heavy (non-hydrogen) atoms. The second kappa shape index (κ2) is 41.0. The number of hydrogen-bond acceptors (Lipinski definition) is 21. The van der Waals surface area contributed by atoms with Crippen LogP contribution in [0.1, 0.15) is 206 Å². The molecule has 3 fully saturated rings. The van der Waals surface area contributed by atoms with Crippen LogP contribution in [0.5, 0.6) is 0 Å². The van der Waals surface area contributed by atoms with E-state index >= 15 is 0 Å². The van der Waals surface area contributed by atoms with Crippen LogP contribution >= 0.6 is 7.82 Å². The lowest BCUT2D eigenvalue weighted by Crippen LogP contribution is -2.70. The van der Waals surface area contributed by atoms with E-state index in [4.69, 9.17) is 43.2 Å². The molecule has 22 nitrogen and oxygen atoms in total. The van der Waals surface area contributed by atoms with Crippen molar-refractivity contribution in [3.8, 4) is 0 Å². The number of phosphoric acid groups is 1. The quantitative estimate of drug-likeness (QED) is 0.0225. The summed E-state index contributed by atoms with van der Waals surface area (Å²) >= 11 is 0. The molecule has 462 valence electrons. The molecule has 0 aromatic rings. The maximum absolute atomic E-state index is 13.7. The van der Waals surface area contributed by atoms with Crippen molar-refractivity contribution in [1.29, 1.82) is 0 Å². The fourth-order valence-electron chi connectivity index (χ4n) is 10.3. The SMILES string of the molecule is CCCCCCCCCCCCCCCCCCOC[C@@H](O)COP(=O)(O)O[C@@H]1[C@H](OC(=O)CCCCCCCCCCCCCCC)[C@H](O)[C@@H](O)[C@H](O)[C@H]1O[C@H]1O[C@H](CO)[C@@H](O[C@H]2O[C@H](CO)[C@@H](O)[C@H](O)[C@@H]2O)[C@H](O)[C@H]1N. The van der Waals surface area contributed by atoms with Gasteiger partial charge in [-0.15, -0.1) is 0 Å². The molecule has 1 unspecified atom stereocenters. The van der Waals surface area contributed by atoms with Crippen molar-refractivity contribution in [3.63, 3.8) is 0 Å². The summed E-state index contributed by atoms with van der Waals surface area (Å²) in [7, 11) is -5.35. The van der Waals surface area contributed by atoms with Crippen LogP contribution in [-0.4, -0.2) is 199 Å². The van der Waals surface area contributed by atoms with Gasteiger partial charge in [0.05, 0.1) is 32.5 Å². The van der Waals surface area contributed by atoms with Crippen molar-refractivity contribution in [2.75, 3.05) is 33.0 Å². The molecule has 0 amide bonds. The first kappa shape index (κ1) is 71.2. The first-order valence-corrected chi connectivity index (χ1v) is 31.5. The third-order valence-corrected chi connectivity index (χ3v) is 16.2. The summed E-state index contributed by atoms with van der Waals surface area (Å²) in [5, 5.41) is 107. The van der Waals surface area contributed by atoms with Gasteiger partial charge in [-0.05, 0) is 12.8 Å². The van der Waals surface area contributed by atoms with Crippen molar-refractivity contribution in [3.05, 3.63) is 0 Å². The molecule has 1 aliphatic carbocycles. The molecule has 13 N–H and O–H groups in total. The van der Waals surface area contributed by atoms with E-state index in [-0.39, 0.29) is 13.0 Å². The van der Waals surface area contributed by atoms with E-state index in [0.29, 0.717) is 19.4 Å². The van der Waals surface area contributed by atoms with E-state index in [9.17, 15) is 65.3 Å². The number of esters is 1. The summed E-state index contributed by atoms with van der Waals surface area (Å²) in [6.45, 7) is 2.03. The summed E-state index contributed by atoms with van der Waals surface area (Å²) < 4.78 is 58.4. The maximum Gasteiger partial charge on any atom is 0.472 e. The van der Waals surface area contributed by atoms with Crippen molar-refractivity contribution in [2.24, 2.45) is 5.73 Å². The van der Waals surface area contributed by atoms with E-state index in [0.717, 1.165) is 51.4 Å². The average molecular weight is 1150 g/mol. The lowest BCUT2D eigenvalue weighted by atomic mass is 9.84. The average Bonchev–Trinajstić information content (AvgIpc) is 3.49. The van der Waals surface area contributed by atoms with Crippen LogP contribution < -0.4 is 5.73 Å². The summed E-state index contributed by atoms with van der Waals surface area (Å²) in [6, 6.07) is -1.69. The van der Waals surface area contributed by atoms with Gasteiger partial charge >= 0.3 is 13.8 Å². The molecule has 23 heteroatoms. The van der Waals surface area contributed by atoms with E-state index < -0.39 is 138 Å². The topological polar surface area (TPSA) is 357 Å². The van der Waals surface area contributed by atoms with Crippen LogP contribution in [0, 0.1) is 0 Å². The fraction of sp³-hybridized carbons (Fsp3) is 0.982. The largest absolute Gasteiger partial charge is 0.472 e. The Labute approximate surface area is 464 Å². The number of phosphoric ester groups is 1. The highest BCUT2D eigenvalue weighted by Gasteiger charge is 2.58. The van der Waals surface area contributed by atoms with E-state index in [1.807, 2.05) is 0 Å². The molecule has 0 spiro atoms. The lowest BCUT2D eigenvalue weighted by Gasteiger charge is -2.49. The van der Waals surface area contributed by atoms with Crippen molar-refractivity contribution in [1.82, 2.24) is 0 Å². The Bertz CT molecular complexity index is 1560. The number of hydrogen-bond donors (Lipinski definition) is 12. The van der Waals surface area contributed by atoms with Crippen molar-refractivity contribution in [2.45, 2.75) is 311 Å². The minimum absolute atomic E-state index is 0.145. The molecule has 0 aromatic heterocycles. The Morgan fingerprint density at radius 3 is 1.41 bits per heavy atom. The van der Waals surface area contributed by atoms with Gasteiger partial charge in [0.2, 0.25) is 0 Å². The number of carbonyl (C=O) groups excluding carboxylic acids is 1. The van der Waals surface area contributed by atoms with Gasteiger partial charge in [-0.25, -0.2) is 4.57 Å². The Kier molecular flexibility index (Phi) is 37.5. The predicted molar refractivity (Wildman–Crippen MR) is 288 cm³/mol. The highest BCUT2D eigenvalue weighted by Crippen LogP contribution is 2.48. The van der Waals surface area contributed by atoms with Crippen molar-refractivity contribution >= 4 is 13.8 Å². The summed E-state index contributed by atoms with van der Waals surface area (Å²) in [5.41, 5.74) is 6.35. The Morgan fingerprint density at radius 2 is 0.923 bits per heavy atom. The zero-order chi connectivity index (χ0) is 57.3. The third kappa shape index (κ3) is 26.2. The second-order valence-corrected chi connectivity index (χ2v) is 23.4. The van der Waals surface area contributed by atoms with Crippen LogP contribution in [0.15, 0.2) is 0 Å². The summed E-state index contributed by atoms with van der Waals surface area (Å²) in [5.74, 6) is -0.877. The van der Waals surface area contributed by atoms with Gasteiger partial charge in [-0.2, -0.15) is 0 Å². The molecule has 2 saturated heterocycles. The van der Waals surface area contributed by atoms with Gasteiger partial charge < -0.3 is 90.1 Å². The normalized spacial score (nSPS) is 31.8. The van der Waals surface area contributed by atoms with Crippen LogP contribution in [0.3, 0.4) is 0 Å². The number of aliphatic hydroxyl groups is 10. The molecule has 2 aliphatic heterocycles. The molecule has 0 radical (unpaired) electrons. The summed E-state index contributed by atoms with van der Waals surface area (Å²) in [4.78, 5) is 24.4. The minimum atomic E-state index is -5.35. The van der Waals surface area contributed by atoms with Gasteiger partial charge in [-0.3, -0.25) is 13.8 Å². The standard InChI is InChI=1S/C55H106NO21P/c1-3-5-7-9-11-13-15-17-18-19-21-23-25-27-29-31-33-70-36-38(59)37-71-78(68,69)77-53-51(74-41(60)32-30-28-26-24-22-20-16-14-12-10-8-6-4-2)47(65)46(64)48(66)52(53)76-54-42(56)44(62)50(40(35-58)73-54)75-55-49(67)45(63)43(61)39(34-57)72-55/h38-40,42-55,57-59,61-67H,3-37,56H2,1-2H3,(H,68,69)/t38-,39-,40-,42-,43-,44-,45+,46-,47-,48+,49+,50-,51-,52-,53-,54-,55-/m1/s1. The second-order valence-electron chi connectivity index (χ2n) is 22.0. The number of rotatable bonds is 45. The van der Waals surface area contributed by atoms with E-state index in [1.54, 1.807) is 0 Å². The molecule has 3 aliphatic rings. The zero-order valence-corrected chi connectivity index (χ0v) is 48.0. The molecule has 18 atom stereocenters. The van der Waals surface area contributed by atoms with E-state index in [1.165, 1.54) is 122 Å². The van der Waals surface area contributed by atoms with Gasteiger partial charge in [-0.1, -0.05) is 187 Å². The minimum Gasteiger partial charge on any atom is -0.457 e. The molecular formula is C55H106NO21P. The van der Waals surface area contributed by atoms with E-state index in [2.05, 4.69) is 13.8 Å². The van der Waals surface area contributed by atoms with Gasteiger partial charge in [0.1, 0.15) is 79.4 Å². The number of unbranched alkanes of at least 4 members (excludes halogenated alkanes) is 27. The smallest absolute Gasteiger partial charge is 0.457 e. The zero-order valence-electron chi connectivity index (χ0n) is 47.1. The Morgan fingerprint density at radius 1 is 0.500 bits per heavy atom. The monoisotopic (exact) mass is 1150 g/mol.